The summed E-state index contributed by atoms with van der Waals surface area (Å²) in [7, 11) is 2.07. The van der Waals surface area contributed by atoms with Crippen LogP contribution in [0.4, 0.5) is 0 Å². The molecule has 2 aromatic heterocycles. The minimum atomic E-state index is 0.1000. The number of thiophene rings is 1. The first-order valence-corrected chi connectivity index (χ1v) is 10.5. The van der Waals surface area contributed by atoms with Crippen LogP contribution in [-0.2, 0) is 11.8 Å². The Labute approximate surface area is 160 Å². The summed E-state index contributed by atoms with van der Waals surface area (Å²) in [5.41, 5.74) is 3.68. The molecule has 1 unspecified atom stereocenters. The van der Waals surface area contributed by atoms with Crippen molar-refractivity contribution in [1.29, 1.82) is 0 Å². The largest absolute Gasteiger partial charge is 0.356 e. The van der Waals surface area contributed by atoms with E-state index < -0.39 is 0 Å². The number of rotatable bonds is 9. The van der Waals surface area contributed by atoms with Crippen LogP contribution in [0.25, 0.3) is 10.9 Å². The van der Waals surface area contributed by atoms with Gasteiger partial charge in [0.1, 0.15) is 0 Å². The van der Waals surface area contributed by atoms with Crippen molar-refractivity contribution in [3.8, 4) is 0 Å². The average molecular weight is 369 g/mol. The maximum Gasteiger partial charge on any atom is 0.220 e. The number of carbonyl (C=O) groups excluding carboxylic acids is 1. The van der Waals surface area contributed by atoms with Gasteiger partial charge in [-0.2, -0.15) is 11.3 Å². The summed E-state index contributed by atoms with van der Waals surface area (Å²) in [5.74, 6) is 0.244. The third-order valence-corrected chi connectivity index (χ3v) is 5.69. The maximum atomic E-state index is 12.6. The molecule has 1 N–H and O–H groups in total. The van der Waals surface area contributed by atoms with E-state index in [1.54, 1.807) is 11.3 Å². The van der Waals surface area contributed by atoms with Gasteiger partial charge in [-0.15, -0.1) is 0 Å². The van der Waals surface area contributed by atoms with Crippen LogP contribution >= 0.6 is 11.3 Å². The molecule has 0 aliphatic heterocycles. The molecule has 0 aliphatic carbocycles. The van der Waals surface area contributed by atoms with Crippen LogP contribution in [0.1, 0.15) is 56.1 Å². The topological polar surface area (TPSA) is 34.0 Å². The Hall–Kier alpha value is -2.07. The summed E-state index contributed by atoms with van der Waals surface area (Å²) in [6.07, 6.45) is 7.39. The van der Waals surface area contributed by atoms with Crippen LogP contribution in [0.3, 0.4) is 0 Å². The van der Waals surface area contributed by atoms with E-state index in [9.17, 15) is 4.79 Å². The first kappa shape index (κ1) is 18.7. The highest BCUT2D eigenvalue weighted by Gasteiger charge is 2.22. The van der Waals surface area contributed by atoms with Crippen molar-refractivity contribution in [2.24, 2.45) is 7.05 Å². The van der Waals surface area contributed by atoms with E-state index >= 15 is 0 Å². The van der Waals surface area contributed by atoms with Gasteiger partial charge in [-0.05, 0) is 40.4 Å². The molecule has 1 atom stereocenters. The number of amides is 1. The second kappa shape index (κ2) is 9.04. The van der Waals surface area contributed by atoms with Gasteiger partial charge in [0.2, 0.25) is 5.91 Å². The zero-order valence-electron chi connectivity index (χ0n) is 15.7. The Bertz CT molecular complexity index is 835. The van der Waals surface area contributed by atoms with Crippen molar-refractivity contribution in [3.63, 3.8) is 0 Å². The third-order valence-electron chi connectivity index (χ3n) is 4.99. The molecule has 0 aliphatic rings. The molecule has 3 nitrogen and oxygen atoms in total. The first-order valence-electron chi connectivity index (χ1n) is 9.53. The Kier molecular flexibility index (Phi) is 6.51. The fraction of sp³-hybridized carbons (Fsp3) is 0.409. The van der Waals surface area contributed by atoms with Crippen molar-refractivity contribution < 1.29 is 4.79 Å². The molecular formula is C22H28N2OS. The van der Waals surface area contributed by atoms with E-state index in [-0.39, 0.29) is 11.8 Å². The second-order valence-corrected chi connectivity index (χ2v) is 7.72. The molecule has 1 aromatic carbocycles. The van der Waals surface area contributed by atoms with Crippen LogP contribution in [0.2, 0.25) is 0 Å². The van der Waals surface area contributed by atoms with Crippen LogP contribution < -0.4 is 5.32 Å². The number of carbonyl (C=O) groups is 1. The lowest BCUT2D eigenvalue weighted by molar-refractivity contribution is -0.121. The van der Waals surface area contributed by atoms with Crippen LogP contribution in [0, 0.1) is 0 Å². The van der Waals surface area contributed by atoms with E-state index in [2.05, 4.69) is 71.1 Å². The number of hydrogen-bond acceptors (Lipinski definition) is 2. The number of aryl methyl sites for hydroxylation is 1. The molecule has 3 rings (SSSR count). The molecule has 0 fully saturated rings. The molecule has 138 valence electrons. The molecule has 3 aromatic rings. The lowest BCUT2D eigenvalue weighted by atomic mass is 9.89. The van der Waals surface area contributed by atoms with Gasteiger partial charge in [0.15, 0.2) is 0 Å². The number of aromatic nitrogens is 1. The molecule has 0 spiro atoms. The van der Waals surface area contributed by atoms with Crippen LogP contribution in [-0.4, -0.2) is 17.0 Å². The van der Waals surface area contributed by atoms with Gasteiger partial charge in [0.05, 0.1) is 0 Å². The molecule has 26 heavy (non-hydrogen) atoms. The summed E-state index contributed by atoms with van der Waals surface area (Å²) >= 11 is 1.69. The lowest BCUT2D eigenvalue weighted by Crippen LogP contribution is -2.26. The summed E-state index contributed by atoms with van der Waals surface area (Å²) in [4.78, 5) is 12.6. The normalized spacial score (nSPS) is 12.4. The molecule has 0 radical (unpaired) electrons. The molecule has 2 heterocycles. The molecular weight excluding hydrogens is 340 g/mol. The number of nitrogens with zero attached hydrogens (tertiary/aromatic N) is 1. The summed E-state index contributed by atoms with van der Waals surface area (Å²) in [5, 5.41) is 8.62. The van der Waals surface area contributed by atoms with E-state index in [0.717, 1.165) is 13.0 Å². The Morgan fingerprint density at radius 3 is 2.81 bits per heavy atom. The van der Waals surface area contributed by atoms with E-state index in [1.165, 1.54) is 41.3 Å². The van der Waals surface area contributed by atoms with Gasteiger partial charge in [-0.1, -0.05) is 44.4 Å². The van der Waals surface area contributed by atoms with E-state index in [0.29, 0.717) is 6.42 Å². The Balaban J connectivity index is 1.77. The smallest absolute Gasteiger partial charge is 0.220 e. The van der Waals surface area contributed by atoms with Crippen molar-refractivity contribution in [2.75, 3.05) is 6.54 Å². The van der Waals surface area contributed by atoms with Crippen molar-refractivity contribution >= 4 is 28.1 Å². The van der Waals surface area contributed by atoms with Gasteiger partial charge in [-0.25, -0.2) is 0 Å². The number of fused-ring (bicyclic) bond motifs is 1. The van der Waals surface area contributed by atoms with Crippen molar-refractivity contribution in [3.05, 3.63) is 58.4 Å². The number of nitrogens with one attached hydrogen (secondary N) is 1. The predicted molar refractivity (Wildman–Crippen MR) is 111 cm³/mol. The van der Waals surface area contributed by atoms with Crippen molar-refractivity contribution in [1.82, 2.24) is 9.88 Å². The Morgan fingerprint density at radius 2 is 2.04 bits per heavy atom. The minimum Gasteiger partial charge on any atom is -0.356 e. The van der Waals surface area contributed by atoms with Gasteiger partial charge in [0, 0.05) is 43.0 Å². The zero-order valence-corrected chi connectivity index (χ0v) is 16.5. The second-order valence-electron chi connectivity index (χ2n) is 6.94. The van der Waals surface area contributed by atoms with Gasteiger partial charge in [-0.3, -0.25) is 4.79 Å². The molecule has 4 heteroatoms. The number of para-hydroxylation sites is 1. The lowest BCUT2D eigenvalue weighted by Gasteiger charge is -2.16. The standard InChI is InChI=1S/C22H28N2OS/c1-3-4-5-8-12-23-22(25)14-19(17-11-13-26-16-17)20-15-24(2)21-10-7-6-9-18(20)21/h6-7,9-11,13,15-16,19H,3-5,8,12,14H2,1-2H3,(H,23,25). The van der Waals surface area contributed by atoms with Gasteiger partial charge >= 0.3 is 0 Å². The number of benzene rings is 1. The quantitative estimate of drug-likeness (QED) is 0.500. The Morgan fingerprint density at radius 1 is 1.19 bits per heavy atom. The van der Waals surface area contributed by atoms with Gasteiger partial charge < -0.3 is 9.88 Å². The number of hydrogen-bond donors (Lipinski definition) is 1. The summed E-state index contributed by atoms with van der Waals surface area (Å²) in [6.45, 7) is 2.99. The highest BCUT2D eigenvalue weighted by Crippen LogP contribution is 2.35. The molecule has 0 bridgehead atoms. The van der Waals surface area contributed by atoms with Crippen LogP contribution in [0.5, 0.6) is 0 Å². The number of unbranched alkanes of at least 4 members (excludes halogenated alkanes) is 3. The summed E-state index contributed by atoms with van der Waals surface area (Å²) < 4.78 is 2.16. The SMILES string of the molecule is CCCCCCNC(=O)CC(c1ccsc1)c1cn(C)c2ccccc12. The fourth-order valence-electron chi connectivity index (χ4n) is 3.57. The molecule has 0 saturated carbocycles. The predicted octanol–water partition coefficient (Wildman–Crippen LogP) is 5.46. The highest BCUT2D eigenvalue weighted by atomic mass is 32.1. The first-order chi connectivity index (χ1) is 12.7. The summed E-state index contributed by atoms with van der Waals surface area (Å²) in [6, 6.07) is 10.6. The minimum absolute atomic E-state index is 0.1000. The molecule has 0 saturated heterocycles. The third kappa shape index (κ3) is 4.36. The van der Waals surface area contributed by atoms with E-state index in [1.807, 2.05) is 0 Å². The average Bonchev–Trinajstić information content (AvgIpc) is 3.29. The van der Waals surface area contributed by atoms with E-state index in [4.69, 9.17) is 0 Å². The fourth-order valence-corrected chi connectivity index (χ4v) is 4.28. The highest BCUT2D eigenvalue weighted by molar-refractivity contribution is 7.08. The molecule has 1 amide bonds. The monoisotopic (exact) mass is 368 g/mol. The van der Waals surface area contributed by atoms with Gasteiger partial charge in [0.25, 0.3) is 0 Å². The zero-order chi connectivity index (χ0) is 18.4. The maximum absolute atomic E-state index is 12.6. The van der Waals surface area contributed by atoms with Crippen LogP contribution in [0.15, 0.2) is 47.3 Å². The van der Waals surface area contributed by atoms with Crippen molar-refractivity contribution in [2.45, 2.75) is 44.9 Å².